The molecule has 0 saturated heterocycles. The number of benzene rings is 3. The van der Waals surface area contributed by atoms with Gasteiger partial charge in [-0.1, -0.05) is 44.2 Å². The average molecular weight is 419 g/mol. The Morgan fingerprint density at radius 2 is 1.53 bits per heavy atom. The highest BCUT2D eigenvalue weighted by atomic mass is 19.4. The molecule has 0 aliphatic rings. The van der Waals surface area contributed by atoms with Crippen molar-refractivity contribution in [2.75, 3.05) is 5.32 Å². The van der Waals surface area contributed by atoms with E-state index in [9.17, 15) is 22.0 Å². The maximum Gasteiger partial charge on any atom is 0.416 e. The third-order valence-corrected chi connectivity index (χ3v) is 4.70. The number of anilines is 1. The van der Waals surface area contributed by atoms with Crippen molar-refractivity contribution in [2.24, 2.45) is 5.92 Å². The summed E-state index contributed by atoms with van der Waals surface area (Å²) < 4.78 is 68.2. The molecular weight excluding hydrogens is 397 g/mol. The molecule has 0 saturated carbocycles. The Kier molecular flexibility index (Phi) is 6.44. The van der Waals surface area contributed by atoms with Crippen molar-refractivity contribution >= 4 is 5.69 Å². The molecule has 3 rings (SSSR count). The van der Waals surface area contributed by atoms with E-state index in [1.54, 1.807) is 30.3 Å². The van der Waals surface area contributed by atoms with Gasteiger partial charge in [0.1, 0.15) is 11.6 Å². The summed E-state index contributed by atoms with van der Waals surface area (Å²) in [5, 5.41) is 3.16. The first-order valence-electron chi connectivity index (χ1n) is 9.61. The van der Waals surface area contributed by atoms with Crippen LogP contribution in [0.5, 0.6) is 0 Å². The van der Waals surface area contributed by atoms with Crippen LogP contribution in [0.4, 0.5) is 27.6 Å². The Bertz CT molecular complexity index is 996. The summed E-state index contributed by atoms with van der Waals surface area (Å²) in [4.78, 5) is 0. The number of nitrogens with one attached hydrogen (secondary N) is 1. The van der Waals surface area contributed by atoms with Crippen molar-refractivity contribution in [3.63, 3.8) is 0 Å². The van der Waals surface area contributed by atoms with E-state index in [1.807, 2.05) is 19.9 Å². The topological polar surface area (TPSA) is 12.0 Å². The molecule has 1 atom stereocenters. The lowest BCUT2D eigenvalue weighted by Crippen LogP contribution is -2.15. The molecule has 0 fully saturated rings. The zero-order valence-corrected chi connectivity index (χ0v) is 16.6. The van der Waals surface area contributed by atoms with Gasteiger partial charge >= 0.3 is 6.18 Å². The smallest absolute Gasteiger partial charge is 0.374 e. The van der Waals surface area contributed by atoms with Crippen LogP contribution in [0.15, 0.2) is 66.7 Å². The highest BCUT2D eigenvalue weighted by Crippen LogP contribution is 2.35. The van der Waals surface area contributed by atoms with Gasteiger partial charge in [0.2, 0.25) is 0 Å². The second-order valence-corrected chi connectivity index (χ2v) is 7.66. The van der Waals surface area contributed by atoms with Crippen LogP contribution in [0.2, 0.25) is 0 Å². The van der Waals surface area contributed by atoms with Gasteiger partial charge in [-0.25, -0.2) is 8.78 Å². The predicted octanol–water partition coefficient (Wildman–Crippen LogP) is 7.38. The van der Waals surface area contributed by atoms with Gasteiger partial charge in [0.05, 0.1) is 11.6 Å². The monoisotopic (exact) mass is 419 g/mol. The third-order valence-electron chi connectivity index (χ3n) is 4.70. The van der Waals surface area contributed by atoms with Crippen LogP contribution in [0.1, 0.15) is 42.1 Å². The lowest BCUT2D eigenvalue weighted by molar-refractivity contribution is -0.137. The van der Waals surface area contributed by atoms with Crippen LogP contribution in [-0.2, 0) is 12.6 Å². The third kappa shape index (κ3) is 5.38. The van der Waals surface area contributed by atoms with Gasteiger partial charge in [-0.2, -0.15) is 13.2 Å². The highest BCUT2D eigenvalue weighted by Gasteiger charge is 2.32. The number of alkyl halides is 3. The summed E-state index contributed by atoms with van der Waals surface area (Å²) in [6.07, 6.45) is -4.20. The molecule has 1 unspecified atom stereocenters. The summed E-state index contributed by atoms with van der Waals surface area (Å²) in [5.74, 6) is -1.16. The number of hydrogen-bond acceptors (Lipinski definition) is 1. The van der Waals surface area contributed by atoms with Crippen LogP contribution in [0, 0.1) is 17.6 Å². The lowest BCUT2D eigenvalue weighted by Gasteiger charge is -2.23. The predicted molar refractivity (Wildman–Crippen MR) is 108 cm³/mol. The van der Waals surface area contributed by atoms with Gasteiger partial charge in [-0.05, 0) is 65.4 Å². The van der Waals surface area contributed by atoms with Gasteiger partial charge in [0, 0.05) is 5.69 Å². The van der Waals surface area contributed by atoms with E-state index in [4.69, 9.17) is 0 Å². The fraction of sp³-hybridized carbons (Fsp3) is 0.250. The first kappa shape index (κ1) is 21.8. The van der Waals surface area contributed by atoms with Crippen LogP contribution >= 0.6 is 0 Å². The SMILES string of the molecule is CC(C)Cc1cc(C(Nc2ccccc2)c2cc(F)cc(C(F)(F)F)c2)ccc1F. The van der Waals surface area contributed by atoms with Gasteiger partial charge in [-0.15, -0.1) is 0 Å². The molecule has 1 N–H and O–H groups in total. The molecule has 158 valence electrons. The molecule has 3 aromatic carbocycles. The van der Waals surface area contributed by atoms with E-state index < -0.39 is 23.6 Å². The quantitative estimate of drug-likeness (QED) is 0.411. The highest BCUT2D eigenvalue weighted by molar-refractivity contribution is 5.50. The molecule has 0 bridgehead atoms. The van der Waals surface area contributed by atoms with E-state index in [1.165, 1.54) is 12.1 Å². The molecule has 0 heterocycles. The number of rotatable bonds is 6. The molecule has 0 aromatic heterocycles. The number of halogens is 5. The minimum absolute atomic E-state index is 0.105. The second kappa shape index (κ2) is 8.86. The van der Waals surface area contributed by atoms with Crippen LogP contribution in [-0.4, -0.2) is 0 Å². The molecule has 0 amide bonds. The summed E-state index contributed by atoms with van der Waals surface area (Å²) >= 11 is 0. The molecular formula is C24H22F5N. The Morgan fingerprint density at radius 3 is 2.17 bits per heavy atom. The van der Waals surface area contributed by atoms with Gasteiger partial charge in [0.25, 0.3) is 0 Å². The molecule has 0 spiro atoms. The Labute approximate surface area is 172 Å². The fourth-order valence-corrected chi connectivity index (χ4v) is 3.37. The molecule has 0 aliphatic heterocycles. The maximum absolute atomic E-state index is 14.3. The van der Waals surface area contributed by atoms with E-state index >= 15 is 0 Å². The molecule has 6 heteroatoms. The van der Waals surface area contributed by atoms with Crippen LogP contribution in [0.3, 0.4) is 0 Å². The largest absolute Gasteiger partial charge is 0.416 e. The molecule has 0 aliphatic carbocycles. The summed E-state index contributed by atoms with van der Waals surface area (Å²) in [6, 6.07) is 15.0. The Hall–Kier alpha value is -2.89. The average Bonchev–Trinajstić information content (AvgIpc) is 2.67. The van der Waals surface area contributed by atoms with E-state index in [0.717, 1.165) is 12.1 Å². The second-order valence-electron chi connectivity index (χ2n) is 7.66. The summed E-state index contributed by atoms with van der Waals surface area (Å²) in [7, 11) is 0. The summed E-state index contributed by atoms with van der Waals surface area (Å²) in [5.41, 5.74) is 0.703. The first-order valence-corrected chi connectivity index (χ1v) is 9.61. The minimum atomic E-state index is -4.68. The molecule has 3 aromatic rings. The molecule has 1 nitrogen and oxygen atoms in total. The Balaban J connectivity index is 2.12. The maximum atomic E-state index is 14.3. The zero-order valence-electron chi connectivity index (χ0n) is 16.6. The number of hydrogen-bond donors (Lipinski definition) is 1. The van der Waals surface area contributed by atoms with Crippen molar-refractivity contribution in [2.45, 2.75) is 32.5 Å². The standard InChI is InChI=1S/C24H22F5N/c1-15(2)10-17-11-16(8-9-22(17)26)23(30-21-6-4-3-5-7-21)18-12-19(24(27,28)29)14-20(25)13-18/h3-9,11-15,23,30H,10H2,1-2H3. The normalized spacial score (nSPS) is 12.8. The van der Waals surface area contributed by atoms with Crippen LogP contribution in [0.25, 0.3) is 0 Å². The van der Waals surface area contributed by atoms with E-state index in [-0.39, 0.29) is 17.3 Å². The van der Waals surface area contributed by atoms with E-state index in [0.29, 0.717) is 29.3 Å². The number of para-hydroxylation sites is 1. The Morgan fingerprint density at radius 1 is 0.833 bits per heavy atom. The van der Waals surface area contributed by atoms with E-state index in [2.05, 4.69) is 5.32 Å². The van der Waals surface area contributed by atoms with Crippen molar-refractivity contribution in [3.8, 4) is 0 Å². The molecule has 30 heavy (non-hydrogen) atoms. The van der Waals surface area contributed by atoms with Crippen molar-refractivity contribution in [3.05, 3.63) is 101 Å². The van der Waals surface area contributed by atoms with Crippen molar-refractivity contribution in [1.29, 1.82) is 0 Å². The van der Waals surface area contributed by atoms with Crippen molar-refractivity contribution in [1.82, 2.24) is 0 Å². The molecule has 0 radical (unpaired) electrons. The van der Waals surface area contributed by atoms with Crippen molar-refractivity contribution < 1.29 is 22.0 Å². The van der Waals surface area contributed by atoms with Gasteiger partial charge in [-0.3, -0.25) is 0 Å². The summed E-state index contributed by atoms with van der Waals surface area (Å²) in [6.45, 7) is 3.90. The zero-order chi connectivity index (χ0) is 21.9. The minimum Gasteiger partial charge on any atom is -0.374 e. The van der Waals surface area contributed by atoms with Crippen LogP contribution < -0.4 is 5.32 Å². The lowest BCUT2D eigenvalue weighted by atomic mass is 9.93. The fourth-order valence-electron chi connectivity index (χ4n) is 3.37. The van der Waals surface area contributed by atoms with Gasteiger partial charge in [0.15, 0.2) is 0 Å². The van der Waals surface area contributed by atoms with Gasteiger partial charge < -0.3 is 5.32 Å². The first-order chi connectivity index (χ1) is 14.1.